The molecule has 0 saturated heterocycles. The molecular formula is C32H42O4. The van der Waals surface area contributed by atoms with Gasteiger partial charge in [-0.2, -0.15) is 9.78 Å². The Morgan fingerprint density at radius 3 is 1.00 bits per heavy atom. The minimum Gasteiger partial charge on any atom is -0.337 e. The molecule has 3 aromatic rings. The van der Waals surface area contributed by atoms with Crippen molar-refractivity contribution in [2.24, 2.45) is 0 Å². The first-order valence-electron chi connectivity index (χ1n) is 12.6. The molecule has 0 aliphatic rings. The van der Waals surface area contributed by atoms with E-state index in [0.29, 0.717) is 11.5 Å². The van der Waals surface area contributed by atoms with Crippen LogP contribution in [0, 0.1) is 0 Å². The van der Waals surface area contributed by atoms with Gasteiger partial charge in [0.1, 0.15) is 11.2 Å². The zero-order valence-electron chi connectivity index (χ0n) is 23.6. The molecule has 0 amide bonds. The second-order valence-electron chi connectivity index (χ2n) is 12.4. The maximum absolute atomic E-state index is 6.09. The van der Waals surface area contributed by atoms with Gasteiger partial charge in [0.05, 0.1) is 0 Å². The molecule has 0 aliphatic carbocycles. The van der Waals surface area contributed by atoms with Crippen molar-refractivity contribution < 1.29 is 19.6 Å². The fraction of sp³-hybridized carbons (Fsp3) is 0.438. The van der Waals surface area contributed by atoms with Crippen LogP contribution in [0.3, 0.4) is 0 Å². The van der Waals surface area contributed by atoms with Crippen molar-refractivity contribution in [2.45, 2.75) is 91.3 Å². The van der Waals surface area contributed by atoms with Crippen molar-refractivity contribution in [3.8, 4) is 11.5 Å². The smallest absolute Gasteiger partial charge is 0.170 e. The molecule has 0 saturated carbocycles. The van der Waals surface area contributed by atoms with E-state index in [1.54, 1.807) is 0 Å². The van der Waals surface area contributed by atoms with Crippen LogP contribution in [0.15, 0.2) is 72.8 Å². The quantitative estimate of drug-likeness (QED) is 0.234. The molecule has 4 nitrogen and oxygen atoms in total. The van der Waals surface area contributed by atoms with Crippen LogP contribution in [0.2, 0.25) is 0 Å². The van der Waals surface area contributed by atoms with Gasteiger partial charge in [0.2, 0.25) is 0 Å². The van der Waals surface area contributed by atoms with Crippen LogP contribution >= 0.6 is 0 Å². The third-order valence-corrected chi connectivity index (χ3v) is 6.13. The molecular weight excluding hydrogens is 448 g/mol. The summed E-state index contributed by atoms with van der Waals surface area (Å²) >= 11 is 0. The van der Waals surface area contributed by atoms with E-state index in [9.17, 15) is 0 Å². The van der Waals surface area contributed by atoms with E-state index in [-0.39, 0.29) is 0 Å². The molecule has 0 unspecified atom stereocenters. The number of hydrogen-bond donors (Lipinski definition) is 0. The largest absolute Gasteiger partial charge is 0.337 e. The lowest BCUT2D eigenvalue weighted by Gasteiger charge is -2.37. The molecule has 194 valence electrons. The predicted molar refractivity (Wildman–Crippen MR) is 147 cm³/mol. The van der Waals surface area contributed by atoms with Gasteiger partial charge in [-0.15, -0.1) is 0 Å². The Morgan fingerprint density at radius 2 is 0.722 bits per heavy atom. The number of rotatable bonds is 8. The van der Waals surface area contributed by atoms with Crippen molar-refractivity contribution in [2.75, 3.05) is 0 Å². The van der Waals surface area contributed by atoms with E-state index < -0.39 is 22.0 Å². The maximum Gasteiger partial charge on any atom is 0.170 e. The normalized spacial score (nSPS) is 12.9. The molecule has 0 aliphatic heterocycles. The van der Waals surface area contributed by atoms with E-state index in [2.05, 4.69) is 76.2 Å². The molecule has 0 atom stereocenters. The Bertz CT molecular complexity index is 1040. The van der Waals surface area contributed by atoms with Gasteiger partial charge in [-0.1, -0.05) is 88.4 Å². The summed E-state index contributed by atoms with van der Waals surface area (Å²) in [6.45, 7) is 20.7. The zero-order valence-corrected chi connectivity index (χ0v) is 23.6. The van der Waals surface area contributed by atoms with E-state index >= 15 is 0 Å². The van der Waals surface area contributed by atoms with Gasteiger partial charge in [0.25, 0.3) is 0 Å². The van der Waals surface area contributed by atoms with E-state index in [1.807, 2.05) is 65.8 Å². The van der Waals surface area contributed by atoms with Crippen molar-refractivity contribution >= 4 is 0 Å². The Labute approximate surface area is 217 Å². The maximum atomic E-state index is 6.09. The summed E-state index contributed by atoms with van der Waals surface area (Å²) in [7, 11) is 0. The Balaban J connectivity index is 2.35. The van der Waals surface area contributed by atoms with Crippen LogP contribution in [0.25, 0.3) is 0 Å². The fourth-order valence-corrected chi connectivity index (χ4v) is 4.28. The van der Waals surface area contributed by atoms with Gasteiger partial charge >= 0.3 is 0 Å². The summed E-state index contributed by atoms with van der Waals surface area (Å²) in [6.07, 6.45) is 0. The Hall–Kier alpha value is -2.82. The molecule has 4 heteroatoms. The lowest BCUT2D eigenvalue weighted by molar-refractivity contribution is -0.277. The molecule has 0 aromatic heterocycles. The van der Waals surface area contributed by atoms with Crippen LogP contribution < -0.4 is 9.78 Å². The molecule has 0 fully saturated rings. The highest BCUT2D eigenvalue weighted by Crippen LogP contribution is 2.49. The van der Waals surface area contributed by atoms with Gasteiger partial charge in [0.15, 0.2) is 11.5 Å². The van der Waals surface area contributed by atoms with Crippen LogP contribution in [-0.4, -0.2) is 11.2 Å². The highest BCUT2D eigenvalue weighted by atomic mass is 17.2. The van der Waals surface area contributed by atoms with Gasteiger partial charge in [-0.05, 0) is 64.8 Å². The predicted octanol–water partition coefficient (Wildman–Crippen LogP) is 8.56. The van der Waals surface area contributed by atoms with Crippen LogP contribution in [0.4, 0.5) is 0 Å². The minimum absolute atomic E-state index is 0.444. The average Bonchev–Trinajstić information content (AvgIpc) is 2.81. The zero-order chi connectivity index (χ0) is 26.8. The molecule has 0 radical (unpaired) electrons. The first-order valence-corrected chi connectivity index (χ1v) is 12.6. The summed E-state index contributed by atoms with van der Waals surface area (Å²) in [5.41, 5.74) is 2.44. The average molecular weight is 491 g/mol. The number of hydrogen-bond acceptors (Lipinski definition) is 4. The second kappa shape index (κ2) is 10.3. The monoisotopic (exact) mass is 490 g/mol. The Morgan fingerprint density at radius 1 is 0.417 bits per heavy atom. The topological polar surface area (TPSA) is 36.9 Å². The van der Waals surface area contributed by atoms with E-state index in [0.717, 1.165) is 22.3 Å². The van der Waals surface area contributed by atoms with Gasteiger partial charge in [-0.3, -0.25) is 0 Å². The van der Waals surface area contributed by atoms with Crippen LogP contribution in [0.5, 0.6) is 11.5 Å². The Kier molecular flexibility index (Phi) is 7.92. The van der Waals surface area contributed by atoms with Crippen molar-refractivity contribution in [1.82, 2.24) is 0 Å². The van der Waals surface area contributed by atoms with E-state index in [1.165, 1.54) is 0 Å². The molecule has 0 N–H and O–H groups in total. The summed E-state index contributed by atoms with van der Waals surface area (Å²) in [5.74, 6) is 1.31. The molecule has 0 heterocycles. The van der Waals surface area contributed by atoms with Gasteiger partial charge in [-0.25, -0.2) is 0 Å². The first kappa shape index (κ1) is 27.8. The van der Waals surface area contributed by atoms with Crippen molar-refractivity contribution in [3.05, 3.63) is 95.1 Å². The van der Waals surface area contributed by atoms with Crippen LogP contribution in [-0.2, 0) is 20.6 Å². The van der Waals surface area contributed by atoms with Gasteiger partial charge in [0, 0.05) is 22.0 Å². The highest BCUT2D eigenvalue weighted by molar-refractivity contribution is 5.60. The highest BCUT2D eigenvalue weighted by Gasteiger charge is 2.39. The van der Waals surface area contributed by atoms with Gasteiger partial charge < -0.3 is 9.78 Å². The summed E-state index contributed by atoms with van der Waals surface area (Å²) < 4.78 is 0. The van der Waals surface area contributed by atoms with Crippen molar-refractivity contribution in [1.29, 1.82) is 0 Å². The molecule has 0 bridgehead atoms. The third kappa shape index (κ3) is 6.48. The molecule has 3 rings (SSSR count). The summed E-state index contributed by atoms with van der Waals surface area (Å²) in [6, 6.07) is 24.7. The fourth-order valence-electron chi connectivity index (χ4n) is 4.28. The standard InChI is InChI=1S/C32H42O4/c1-29(2,3)35-33-25-21-22-26(34-36-30(4,5)6)28(32(9,10)24-19-15-12-16-20-24)27(25)31(7,8)23-17-13-11-14-18-23/h11-22H,1-10H3. The first-order chi connectivity index (χ1) is 16.6. The lowest BCUT2D eigenvalue weighted by atomic mass is 9.67. The van der Waals surface area contributed by atoms with E-state index in [4.69, 9.17) is 19.6 Å². The van der Waals surface area contributed by atoms with Crippen molar-refractivity contribution in [3.63, 3.8) is 0 Å². The summed E-state index contributed by atoms with van der Waals surface area (Å²) in [5, 5.41) is 0. The molecule has 0 spiro atoms. The molecule has 36 heavy (non-hydrogen) atoms. The lowest BCUT2D eigenvalue weighted by Crippen LogP contribution is -2.31. The van der Waals surface area contributed by atoms with Crippen LogP contribution in [0.1, 0.15) is 91.5 Å². The SMILES string of the molecule is CC(C)(C)OOc1ccc(OOC(C)(C)C)c(C(C)(C)c2ccccc2)c1C(C)(C)c1ccccc1. The molecule has 3 aromatic carbocycles. The second-order valence-corrected chi connectivity index (χ2v) is 12.4. The summed E-state index contributed by atoms with van der Waals surface area (Å²) in [4.78, 5) is 23.9. The third-order valence-electron chi connectivity index (χ3n) is 6.13. The number of benzene rings is 3. The minimum atomic E-state index is -0.478.